The van der Waals surface area contributed by atoms with Crippen molar-refractivity contribution in [3.05, 3.63) is 58.4 Å². The largest absolute Gasteiger partial charge is 0.394 e. The highest BCUT2D eigenvalue weighted by Gasteiger charge is 2.61. The zero-order valence-electron chi connectivity index (χ0n) is 19.1. The van der Waals surface area contributed by atoms with Gasteiger partial charge in [0.05, 0.1) is 30.9 Å². The highest BCUT2D eigenvalue weighted by atomic mass is 35.5. The van der Waals surface area contributed by atoms with Crippen LogP contribution in [-0.4, -0.2) is 59.0 Å². The maximum Gasteiger partial charge on any atom is 0.255 e. The zero-order chi connectivity index (χ0) is 25.9. The molecule has 0 heterocycles. The molecule has 35 heavy (non-hydrogen) atoms. The van der Waals surface area contributed by atoms with Crippen LogP contribution < -0.4 is 5.32 Å². The van der Waals surface area contributed by atoms with Crippen molar-refractivity contribution in [3.63, 3.8) is 0 Å². The molecule has 0 saturated heterocycles. The molecular weight excluding hydrogens is 507 g/mol. The molecule has 1 aliphatic rings. The number of amides is 1. The summed E-state index contributed by atoms with van der Waals surface area (Å²) in [7, 11) is 0. The predicted molar refractivity (Wildman–Crippen MR) is 127 cm³/mol. The number of rotatable bonds is 11. The first-order valence-corrected chi connectivity index (χ1v) is 12.3. The molecule has 3 rings (SSSR count). The summed E-state index contributed by atoms with van der Waals surface area (Å²) in [5.41, 5.74) is -0.468. The van der Waals surface area contributed by atoms with Crippen molar-refractivity contribution in [2.75, 3.05) is 30.9 Å². The van der Waals surface area contributed by atoms with Gasteiger partial charge in [-0.1, -0.05) is 25.4 Å². The normalized spacial score (nSPS) is 23.1. The Balaban J connectivity index is 1.70. The minimum Gasteiger partial charge on any atom is -0.394 e. The molecule has 5 atom stereocenters. The molecule has 0 aromatic heterocycles. The van der Waals surface area contributed by atoms with E-state index in [2.05, 4.69) is 5.32 Å². The van der Waals surface area contributed by atoms with Crippen molar-refractivity contribution >= 4 is 35.0 Å². The Bertz CT molecular complexity index is 1040. The SMILES string of the molecule is CC1C(O)C1(C)C(COCC(O)CO)CSc1cc(C(=O)Nc2cc(F)c(F)c(F)c2)ccc1Cl. The number of halogens is 4. The fourth-order valence-corrected chi connectivity index (χ4v) is 5.46. The molecule has 0 bridgehead atoms. The Morgan fingerprint density at radius 3 is 2.43 bits per heavy atom. The van der Waals surface area contributed by atoms with Gasteiger partial charge >= 0.3 is 0 Å². The number of aliphatic hydroxyl groups excluding tert-OH is 3. The number of benzene rings is 2. The Morgan fingerprint density at radius 1 is 1.23 bits per heavy atom. The number of carbonyl (C=O) groups excluding carboxylic acids is 1. The van der Waals surface area contributed by atoms with Crippen LogP contribution in [0.1, 0.15) is 24.2 Å². The zero-order valence-corrected chi connectivity index (χ0v) is 20.7. The number of hydrogen-bond donors (Lipinski definition) is 4. The standard InChI is InChI=1S/C24H27ClF3NO5S/c1-12-22(32)24(12,2)14(9-34-10-16(31)8-30)11-35-20-5-13(3-4-17(20)25)23(33)29-15-6-18(26)21(28)19(27)7-15/h3-7,12,14,16,22,30-32H,8-11H2,1-2H3,(H,29,33). The molecule has 11 heteroatoms. The summed E-state index contributed by atoms with van der Waals surface area (Å²) in [5, 5.41) is 31.5. The smallest absolute Gasteiger partial charge is 0.255 e. The Hall–Kier alpha value is -1.82. The monoisotopic (exact) mass is 533 g/mol. The lowest BCUT2D eigenvalue weighted by Gasteiger charge is -2.25. The van der Waals surface area contributed by atoms with E-state index in [1.165, 1.54) is 30.0 Å². The Morgan fingerprint density at radius 2 is 1.86 bits per heavy atom. The number of anilines is 1. The van der Waals surface area contributed by atoms with Gasteiger partial charge in [0, 0.05) is 39.4 Å². The number of aliphatic hydroxyl groups is 3. The molecule has 6 nitrogen and oxygen atoms in total. The van der Waals surface area contributed by atoms with Crippen molar-refractivity contribution in [3.8, 4) is 0 Å². The fraction of sp³-hybridized carbons (Fsp3) is 0.458. The van der Waals surface area contributed by atoms with Crippen molar-refractivity contribution < 1.29 is 38.0 Å². The maximum atomic E-state index is 13.5. The topological polar surface area (TPSA) is 99.0 Å². The Labute approximate surface area is 210 Å². The minimum atomic E-state index is -1.62. The van der Waals surface area contributed by atoms with E-state index in [0.717, 1.165) is 0 Å². The molecule has 0 radical (unpaired) electrons. The number of thioether (sulfide) groups is 1. The highest BCUT2D eigenvalue weighted by molar-refractivity contribution is 7.99. The third-order valence-electron chi connectivity index (χ3n) is 6.58. The second kappa shape index (κ2) is 11.5. The summed E-state index contributed by atoms with van der Waals surface area (Å²) in [6.45, 7) is 3.66. The van der Waals surface area contributed by atoms with Crippen LogP contribution in [0.15, 0.2) is 35.2 Å². The number of ether oxygens (including phenoxy) is 1. The lowest BCUT2D eigenvalue weighted by Crippen LogP contribution is -2.28. The maximum absolute atomic E-state index is 13.5. The van der Waals surface area contributed by atoms with Gasteiger partial charge in [-0.25, -0.2) is 13.2 Å². The summed E-state index contributed by atoms with van der Waals surface area (Å²) in [4.78, 5) is 13.2. The van der Waals surface area contributed by atoms with Gasteiger partial charge in [-0.3, -0.25) is 4.79 Å². The van der Waals surface area contributed by atoms with Crippen LogP contribution in [0.3, 0.4) is 0 Å². The van der Waals surface area contributed by atoms with Gasteiger partial charge in [0.1, 0.15) is 6.10 Å². The predicted octanol–water partition coefficient (Wildman–Crippen LogP) is 4.10. The highest BCUT2D eigenvalue weighted by Crippen LogP contribution is 2.58. The third kappa shape index (κ3) is 6.31. The second-order valence-corrected chi connectivity index (χ2v) is 10.3. The van der Waals surface area contributed by atoms with E-state index in [1.54, 1.807) is 0 Å². The van der Waals surface area contributed by atoms with Crippen LogP contribution in [0.2, 0.25) is 5.02 Å². The number of carbonyl (C=O) groups is 1. The van der Waals surface area contributed by atoms with Crippen LogP contribution >= 0.6 is 23.4 Å². The lowest BCUT2D eigenvalue weighted by atomic mass is 9.90. The first-order chi connectivity index (χ1) is 16.5. The van der Waals surface area contributed by atoms with Crippen LogP contribution in [0.5, 0.6) is 0 Å². The van der Waals surface area contributed by atoms with Crippen molar-refractivity contribution in [2.24, 2.45) is 17.3 Å². The number of nitrogens with one attached hydrogen (secondary N) is 1. The molecule has 0 aliphatic heterocycles. The quantitative estimate of drug-likeness (QED) is 0.256. The third-order valence-corrected chi connectivity index (χ3v) is 8.24. The van der Waals surface area contributed by atoms with Gasteiger partial charge in [0.2, 0.25) is 0 Å². The summed E-state index contributed by atoms with van der Waals surface area (Å²) in [6.07, 6.45) is -1.51. The van der Waals surface area contributed by atoms with Crippen LogP contribution in [0.25, 0.3) is 0 Å². The van der Waals surface area contributed by atoms with Crippen molar-refractivity contribution in [1.29, 1.82) is 0 Å². The van der Waals surface area contributed by atoms with Gasteiger partial charge in [-0.2, -0.15) is 0 Å². The van der Waals surface area contributed by atoms with E-state index in [9.17, 15) is 28.2 Å². The Kier molecular flexibility index (Phi) is 9.11. The van der Waals surface area contributed by atoms with Crippen molar-refractivity contribution in [1.82, 2.24) is 0 Å². The molecule has 1 saturated carbocycles. The van der Waals surface area contributed by atoms with E-state index in [-0.39, 0.29) is 36.3 Å². The molecule has 5 unspecified atom stereocenters. The van der Waals surface area contributed by atoms with E-state index in [4.69, 9.17) is 21.4 Å². The molecule has 1 fully saturated rings. The van der Waals surface area contributed by atoms with Gasteiger partial charge < -0.3 is 25.4 Å². The summed E-state index contributed by atoms with van der Waals surface area (Å²) < 4.78 is 45.6. The summed E-state index contributed by atoms with van der Waals surface area (Å²) in [6, 6.07) is 5.86. The van der Waals surface area contributed by atoms with Gasteiger partial charge in [-0.15, -0.1) is 11.8 Å². The first kappa shape index (κ1) is 27.8. The molecule has 4 N–H and O–H groups in total. The van der Waals surface area contributed by atoms with E-state index >= 15 is 0 Å². The lowest BCUT2D eigenvalue weighted by molar-refractivity contribution is -0.0126. The second-order valence-electron chi connectivity index (χ2n) is 8.83. The molecule has 2 aromatic carbocycles. The molecule has 0 spiro atoms. The molecule has 1 amide bonds. The molecule has 192 valence electrons. The van der Waals surface area contributed by atoms with Gasteiger partial charge in [0.25, 0.3) is 5.91 Å². The molecule has 1 aliphatic carbocycles. The molecule has 2 aromatic rings. The summed E-state index contributed by atoms with van der Waals surface area (Å²) >= 11 is 7.67. The van der Waals surface area contributed by atoms with Crippen molar-refractivity contribution in [2.45, 2.75) is 31.0 Å². The van der Waals surface area contributed by atoms with Gasteiger partial charge in [0.15, 0.2) is 17.5 Å². The van der Waals surface area contributed by atoms with E-state index in [1.807, 2.05) is 13.8 Å². The van der Waals surface area contributed by atoms with E-state index in [0.29, 0.717) is 27.8 Å². The van der Waals surface area contributed by atoms with Crippen LogP contribution in [-0.2, 0) is 4.74 Å². The molecular formula is C24H27ClF3NO5S. The minimum absolute atomic E-state index is 0.0425. The average Bonchev–Trinajstić information content (AvgIpc) is 3.31. The fourth-order valence-electron chi connectivity index (χ4n) is 3.92. The first-order valence-electron chi connectivity index (χ1n) is 10.9. The average molecular weight is 534 g/mol. The summed E-state index contributed by atoms with van der Waals surface area (Å²) in [5.74, 6) is -4.72. The van der Waals surface area contributed by atoms with Crippen LogP contribution in [0.4, 0.5) is 18.9 Å². The van der Waals surface area contributed by atoms with Crippen LogP contribution in [0, 0.1) is 34.7 Å². The van der Waals surface area contributed by atoms with Gasteiger partial charge in [-0.05, 0) is 30.0 Å². The number of hydrogen-bond acceptors (Lipinski definition) is 6. The van der Waals surface area contributed by atoms with E-state index < -0.39 is 47.6 Å².